The number of halogens is 1. The van der Waals surface area contributed by atoms with E-state index in [0.29, 0.717) is 5.02 Å². The van der Waals surface area contributed by atoms with Crippen molar-refractivity contribution in [3.05, 3.63) is 51.7 Å². The maximum absolute atomic E-state index is 12.4. The molecule has 0 radical (unpaired) electrons. The van der Waals surface area contributed by atoms with Gasteiger partial charge in [0.05, 0.1) is 0 Å². The lowest BCUT2D eigenvalue weighted by molar-refractivity contribution is 0.215. The van der Waals surface area contributed by atoms with Gasteiger partial charge in [0.2, 0.25) is 0 Å². The zero-order chi connectivity index (χ0) is 13.9. The lowest BCUT2D eigenvalue weighted by atomic mass is 10.3. The Hall–Kier alpha value is -1.17. The lowest BCUT2D eigenvalue weighted by Gasteiger charge is -2.23. The minimum atomic E-state index is -0.0595. The van der Waals surface area contributed by atoms with Gasteiger partial charge in [-0.3, -0.25) is 0 Å². The summed E-state index contributed by atoms with van der Waals surface area (Å²) in [5.74, 6) is 0.969. The first-order chi connectivity index (χ1) is 9.74. The minimum absolute atomic E-state index is 0.0595. The third kappa shape index (κ3) is 2.95. The molecule has 1 fully saturated rings. The summed E-state index contributed by atoms with van der Waals surface area (Å²) in [6.07, 6.45) is 0. The molecule has 1 aliphatic heterocycles. The van der Waals surface area contributed by atoms with Crippen molar-refractivity contribution in [2.45, 2.75) is 5.37 Å². The molecule has 1 aromatic carbocycles. The number of nitrogens with zero attached hydrogens (tertiary/aromatic N) is 1. The average Bonchev–Trinajstić information content (AvgIpc) is 3.11. The number of amides is 2. The van der Waals surface area contributed by atoms with Crippen molar-refractivity contribution in [2.75, 3.05) is 17.6 Å². The largest absolute Gasteiger partial charge is 0.323 e. The quantitative estimate of drug-likeness (QED) is 0.869. The Kier molecular flexibility index (Phi) is 4.19. The van der Waals surface area contributed by atoms with Crippen LogP contribution in [0.3, 0.4) is 0 Å². The maximum atomic E-state index is 12.4. The summed E-state index contributed by atoms with van der Waals surface area (Å²) in [6.45, 7) is 0.770. The molecule has 0 bridgehead atoms. The molecule has 2 aromatic rings. The first kappa shape index (κ1) is 13.8. The molecule has 2 amide bonds. The number of carbonyl (C=O) groups is 1. The highest BCUT2D eigenvalue weighted by Crippen LogP contribution is 2.40. The molecule has 1 aliphatic rings. The molecule has 1 saturated heterocycles. The van der Waals surface area contributed by atoms with Crippen molar-refractivity contribution in [3.8, 4) is 0 Å². The van der Waals surface area contributed by atoms with E-state index in [9.17, 15) is 4.79 Å². The van der Waals surface area contributed by atoms with Gasteiger partial charge in [0.25, 0.3) is 0 Å². The Morgan fingerprint density at radius 1 is 1.30 bits per heavy atom. The van der Waals surface area contributed by atoms with Crippen molar-refractivity contribution in [2.24, 2.45) is 0 Å². The summed E-state index contributed by atoms with van der Waals surface area (Å²) in [7, 11) is 0. The van der Waals surface area contributed by atoms with Gasteiger partial charge >= 0.3 is 6.03 Å². The number of nitrogens with one attached hydrogen (secondary N) is 1. The van der Waals surface area contributed by atoms with Gasteiger partial charge in [0.15, 0.2) is 0 Å². The van der Waals surface area contributed by atoms with Crippen LogP contribution in [0.2, 0.25) is 5.02 Å². The molecule has 104 valence electrons. The predicted octanol–water partition coefficient (Wildman–Crippen LogP) is 4.68. The molecule has 0 spiro atoms. The van der Waals surface area contributed by atoms with Gasteiger partial charge in [-0.05, 0) is 35.7 Å². The Morgan fingerprint density at radius 2 is 2.10 bits per heavy atom. The summed E-state index contributed by atoms with van der Waals surface area (Å²) in [5, 5.41) is 5.76. The van der Waals surface area contributed by atoms with Crippen molar-refractivity contribution >= 4 is 46.4 Å². The van der Waals surface area contributed by atoms with Crippen LogP contribution in [0.1, 0.15) is 10.3 Å². The number of thioether (sulfide) groups is 1. The fourth-order valence-corrected chi connectivity index (χ4v) is 4.44. The molecular formula is C14H13ClN2OS2. The van der Waals surface area contributed by atoms with Gasteiger partial charge in [-0.1, -0.05) is 17.7 Å². The second-order valence-corrected chi connectivity index (χ2v) is 6.97. The van der Waals surface area contributed by atoms with Gasteiger partial charge in [-0.15, -0.1) is 23.1 Å². The zero-order valence-corrected chi connectivity index (χ0v) is 13.0. The third-order valence-electron chi connectivity index (χ3n) is 3.03. The highest BCUT2D eigenvalue weighted by atomic mass is 35.5. The van der Waals surface area contributed by atoms with Crippen LogP contribution in [0.25, 0.3) is 0 Å². The van der Waals surface area contributed by atoms with Crippen LogP contribution < -0.4 is 5.32 Å². The van der Waals surface area contributed by atoms with E-state index in [1.807, 2.05) is 28.5 Å². The molecule has 2 heterocycles. The van der Waals surface area contributed by atoms with Crippen LogP contribution in [-0.2, 0) is 0 Å². The number of anilines is 1. The third-order valence-corrected chi connectivity index (χ3v) is 5.60. The topological polar surface area (TPSA) is 32.3 Å². The van der Waals surface area contributed by atoms with Crippen LogP contribution in [0.4, 0.5) is 10.5 Å². The molecule has 0 aliphatic carbocycles. The Labute approximate surface area is 130 Å². The summed E-state index contributed by atoms with van der Waals surface area (Å²) < 4.78 is 0. The maximum Gasteiger partial charge on any atom is 0.323 e. The van der Waals surface area contributed by atoms with Crippen molar-refractivity contribution < 1.29 is 4.79 Å². The van der Waals surface area contributed by atoms with E-state index in [-0.39, 0.29) is 11.4 Å². The molecule has 20 heavy (non-hydrogen) atoms. The second-order valence-electron chi connectivity index (χ2n) is 4.37. The molecule has 1 N–H and O–H groups in total. The smallest absolute Gasteiger partial charge is 0.308 e. The van der Waals surface area contributed by atoms with Crippen LogP contribution in [0, 0.1) is 0 Å². The van der Waals surface area contributed by atoms with Crippen LogP contribution in [0.15, 0.2) is 41.8 Å². The van der Waals surface area contributed by atoms with E-state index in [4.69, 9.17) is 11.6 Å². The monoisotopic (exact) mass is 324 g/mol. The number of urea groups is 1. The van der Waals surface area contributed by atoms with Gasteiger partial charge in [0.1, 0.15) is 5.37 Å². The first-order valence-electron chi connectivity index (χ1n) is 6.22. The van der Waals surface area contributed by atoms with E-state index in [1.54, 1.807) is 35.2 Å². The number of hydrogen-bond acceptors (Lipinski definition) is 3. The number of thiophene rings is 1. The molecule has 3 nitrogen and oxygen atoms in total. The van der Waals surface area contributed by atoms with Crippen molar-refractivity contribution in [1.29, 1.82) is 0 Å². The van der Waals surface area contributed by atoms with Gasteiger partial charge in [0, 0.05) is 27.9 Å². The highest BCUT2D eigenvalue weighted by molar-refractivity contribution is 7.99. The molecule has 1 atom stereocenters. The molecular weight excluding hydrogens is 312 g/mol. The number of hydrogen-bond donors (Lipinski definition) is 1. The predicted molar refractivity (Wildman–Crippen MR) is 86.7 cm³/mol. The Bertz CT molecular complexity index is 586. The fourth-order valence-electron chi connectivity index (χ4n) is 2.07. The fraction of sp³-hybridized carbons (Fsp3) is 0.214. The van der Waals surface area contributed by atoms with Crippen LogP contribution >= 0.6 is 34.7 Å². The van der Waals surface area contributed by atoms with Gasteiger partial charge < -0.3 is 10.2 Å². The van der Waals surface area contributed by atoms with E-state index in [2.05, 4.69) is 11.4 Å². The van der Waals surface area contributed by atoms with E-state index in [0.717, 1.165) is 18.0 Å². The molecule has 6 heteroatoms. The Morgan fingerprint density at radius 3 is 2.80 bits per heavy atom. The molecule has 0 saturated carbocycles. The molecule has 0 unspecified atom stereocenters. The average molecular weight is 325 g/mol. The van der Waals surface area contributed by atoms with E-state index < -0.39 is 0 Å². The van der Waals surface area contributed by atoms with Crippen molar-refractivity contribution in [3.63, 3.8) is 0 Å². The van der Waals surface area contributed by atoms with Crippen molar-refractivity contribution in [1.82, 2.24) is 4.90 Å². The zero-order valence-electron chi connectivity index (χ0n) is 10.6. The van der Waals surface area contributed by atoms with E-state index in [1.165, 1.54) is 4.88 Å². The molecule has 1 aromatic heterocycles. The summed E-state index contributed by atoms with van der Waals surface area (Å²) in [6, 6.07) is 11.2. The number of rotatable bonds is 2. The van der Waals surface area contributed by atoms with Gasteiger partial charge in [-0.25, -0.2) is 4.79 Å². The minimum Gasteiger partial charge on any atom is -0.308 e. The molecule has 3 rings (SSSR count). The summed E-state index contributed by atoms with van der Waals surface area (Å²) in [4.78, 5) is 15.5. The van der Waals surface area contributed by atoms with E-state index >= 15 is 0 Å². The standard InChI is InChI=1S/C14H13ClN2OS2/c15-10-3-5-11(6-4-10)16-14(18)17-7-9-20-13(17)12-2-1-8-19-12/h1-6,8,13H,7,9H2,(H,16,18)/t13-/m0/s1. The first-order valence-corrected chi connectivity index (χ1v) is 8.53. The SMILES string of the molecule is O=C(Nc1ccc(Cl)cc1)N1CCS[C@H]1c1cccs1. The normalized spacial score (nSPS) is 18.2. The Balaban J connectivity index is 1.71. The van der Waals surface area contributed by atoms with Gasteiger partial charge in [-0.2, -0.15) is 0 Å². The lowest BCUT2D eigenvalue weighted by Crippen LogP contribution is -2.34. The second kappa shape index (κ2) is 6.08. The summed E-state index contributed by atoms with van der Waals surface area (Å²) >= 11 is 9.33. The number of benzene rings is 1. The number of carbonyl (C=O) groups excluding carboxylic acids is 1. The van der Waals surface area contributed by atoms with Crippen LogP contribution in [0.5, 0.6) is 0 Å². The summed E-state index contributed by atoms with van der Waals surface area (Å²) in [5.41, 5.74) is 0.765. The highest BCUT2D eigenvalue weighted by Gasteiger charge is 2.31. The van der Waals surface area contributed by atoms with Crippen LogP contribution in [-0.4, -0.2) is 23.2 Å².